The Hall–Kier alpha value is -2.76. The van der Waals surface area contributed by atoms with Crippen molar-refractivity contribution in [1.29, 1.82) is 0 Å². The lowest BCUT2D eigenvalue weighted by molar-refractivity contribution is -0.119. The number of hydrogen-bond acceptors (Lipinski definition) is 6. The van der Waals surface area contributed by atoms with E-state index >= 15 is 0 Å². The van der Waals surface area contributed by atoms with Gasteiger partial charge >= 0.3 is 0 Å². The molecule has 1 aliphatic heterocycles. The molecule has 1 fully saturated rings. The third-order valence-corrected chi connectivity index (χ3v) is 7.51. The molecule has 33 heavy (non-hydrogen) atoms. The van der Waals surface area contributed by atoms with Gasteiger partial charge in [-0.2, -0.15) is 0 Å². The van der Waals surface area contributed by atoms with Gasteiger partial charge in [0.1, 0.15) is 5.82 Å². The van der Waals surface area contributed by atoms with Gasteiger partial charge in [0, 0.05) is 24.8 Å². The Morgan fingerprint density at radius 2 is 1.88 bits per heavy atom. The van der Waals surface area contributed by atoms with E-state index in [0.29, 0.717) is 29.5 Å². The van der Waals surface area contributed by atoms with Crippen LogP contribution < -0.4 is 5.32 Å². The maximum Gasteiger partial charge on any atom is 0.230 e. The first-order chi connectivity index (χ1) is 15.8. The summed E-state index contributed by atoms with van der Waals surface area (Å²) in [5, 5.41) is 11.8. The van der Waals surface area contributed by atoms with E-state index < -0.39 is 15.8 Å². The quantitative estimate of drug-likeness (QED) is 0.513. The highest BCUT2D eigenvalue weighted by molar-refractivity contribution is 7.99. The predicted octanol–water partition coefficient (Wildman–Crippen LogP) is 2.71. The van der Waals surface area contributed by atoms with Crippen molar-refractivity contribution in [3.05, 3.63) is 60.4 Å². The summed E-state index contributed by atoms with van der Waals surface area (Å²) in [6, 6.07) is 15.4. The molecule has 1 amide bonds. The van der Waals surface area contributed by atoms with Gasteiger partial charge in [-0.25, -0.2) is 17.1 Å². The van der Waals surface area contributed by atoms with Crippen molar-refractivity contribution in [1.82, 2.24) is 24.4 Å². The molecule has 1 unspecified atom stereocenters. The van der Waals surface area contributed by atoms with E-state index in [2.05, 4.69) is 15.5 Å². The first-order valence-corrected chi connectivity index (χ1v) is 13.3. The van der Waals surface area contributed by atoms with Gasteiger partial charge in [0.25, 0.3) is 0 Å². The molecule has 1 atom stereocenters. The van der Waals surface area contributed by atoms with E-state index in [1.54, 1.807) is 22.8 Å². The van der Waals surface area contributed by atoms with Gasteiger partial charge in [0.05, 0.1) is 17.6 Å². The molecule has 2 heterocycles. The predicted molar refractivity (Wildman–Crippen MR) is 125 cm³/mol. The van der Waals surface area contributed by atoms with Gasteiger partial charge < -0.3 is 5.32 Å². The minimum atomic E-state index is -3.29. The Morgan fingerprint density at radius 1 is 1.15 bits per heavy atom. The van der Waals surface area contributed by atoms with Crippen LogP contribution in [0.15, 0.2) is 59.8 Å². The molecule has 3 aromatic rings. The number of piperidine rings is 1. The number of para-hydroxylation sites is 1. The third kappa shape index (κ3) is 5.60. The molecule has 174 valence electrons. The van der Waals surface area contributed by atoms with Gasteiger partial charge in [-0.05, 0) is 37.1 Å². The van der Waals surface area contributed by atoms with E-state index in [-0.39, 0.29) is 24.2 Å². The highest BCUT2D eigenvalue weighted by Gasteiger charge is 2.27. The molecule has 1 N–H and O–H groups in total. The van der Waals surface area contributed by atoms with Gasteiger partial charge in [-0.1, -0.05) is 42.1 Å². The molecular formula is C22H24FN5O3S2. The Kier molecular flexibility index (Phi) is 7.11. The summed E-state index contributed by atoms with van der Waals surface area (Å²) in [6.45, 7) is 0.742. The van der Waals surface area contributed by atoms with Gasteiger partial charge in [-0.15, -0.1) is 10.2 Å². The maximum atomic E-state index is 14.5. The lowest BCUT2D eigenvalue weighted by Gasteiger charge is -2.31. The molecule has 8 nitrogen and oxygen atoms in total. The maximum absolute atomic E-state index is 14.5. The van der Waals surface area contributed by atoms with Gasteiger partial charge in [0.2, 0.25) is 15.9 Å². The number of rotatable bonds is 7. The van der Waals surface area contributed by atoms with Crippen molar-refractivity contribution in [2.24, 2.45) is 0 Å². The summed E-state index contributed by atoms with van der Waals surface area (Å²) in [5.41, 5.74) is 1.06. The summed E-state index contributed by atoms with van der Waals surface area (Å²) in [5.74, 6) is -0.227. The summed E-state index contributed by atoms with van der Waals surface area (Å²) < 4.78 is 41.2. The van der Waals surface area contributed by atoms with Crippen molar-refractivity contribution in [2.75, 3.05) is 25.1 Å². The van der Waals surface area contributed by atoms with Crippen molar-refractivity contribution >= 4 is 27.7 Å². The van der Waals surface area contributed by atoms with Crippen LogP contribution in [0.5, 0.6) is 0 Å². The number of sulfonamides is 1. The fraction of sp³-hybridized carbons (Fsp3) is 0.318. The molecule has 11 heteroatoms. The molecular weight excluding hydrogens is 465 g/mol. The number of thioether (sulfide) groups is 1. The third-order valence-electron chi connectivity index (χ3n) is 5.31. The molecule has 0 radical (unpaired) electrons. The molecule has 1 saturated heterocycles. The monoisotopic (exact) mass is 489 g/mol. The number of halogens is 1. The normalized spacial score (nSPS) is 17.1. The van der Waals surface area contributed by atoms with Crippen LogP contribution in [0.1, 0.15) is 12.8 Å². The van der Waals surface area contributed by atoms with Gasteiger partial charge in [-0.3, -0.25) is 9.36 Å². The molecule has 1 aromatic heterocycles. The molecule has 1 aliphatic rings. The highest BCUT2D eigenvalue weighted by Crippen LogP contribution is 2.29. The minimum Gasteiger partial charge on any atom is -0.351 e. The van der Waals surface area contributed by atoms with E-state index in [0.717, 1.165) is 12.1 Å². The SMILES string of the molecule is CS(=O)(=O)N1CCCC(NC(=O)CSc2nnc(-c3ccccc3F)n2-c2ccccc2)C1. The molecule has 4 rings (SSSR count). The molecule has 0 saturated carbocycles. The number of nitrogens with one attached hydrogen (secondary N) is 1. The van der Waals surface area contributed by atoms with Crippen molar-refractivity contribution < 1.29 is 17.6 Å². The van der Waals surface area contributed by atoms with E-state index in [1.165, 1.54) is 28.4 Å². The number of carbonyl (C=O) groups excluding carboxylic acids is 1. The smallest absolute Gasteiger partial charge is 0.230 e. The van der Waals surface area contributed by atoms with Gasteiger partial charge in [0.15, 0.2) is 11.0 Å². The molecule has 0 aliphatic carbocycles. The van der Waals surface area contributed by atoms with Crippen LogP contribution in [0.2, 0.25) is 0 Å². The summed E-state index contributed by atoms with van der Waals surface area (Å²) in [7, 11) is -3.29. The van der Waals surface area contributed by atoms with E-state index in [4.69, 9.17) is 0 Å². The zero-order valence-electron chi connectivity index (χ0n) is 18.0. The fourth-order valence-electron chi connectivity index (χ4n) is 3.75. The van der Waals surface area contributed by atoms with Crippen molar-refractivity contribution in [2.45, 2.75) is 24.0 Å². The van der Waals surface area contributed by atoms with Crippen LogP contribution in [0.3, 0.4) is 0 Å². The number of benzene rings is 2. The largest absolute Gasteiger partial charge is 0.351 e. The highest BCUT2D eigenvalue weighted by atomic mass is 32.2. The number of aromatic nitrogens is 3. The fourth-order valence-corrected chi connectivity index (χ4v) is 5.43. The Labute approximate surface area is 196 Å². The van der Waals surface area contributed by atoms with Crippen LogP contribution in [0.25, 0.3) is 17.1 Å². The lowest BCUT2D eigenvalue weighted by atomic mass is 10.1. The van der Waals surface area contributed by atoms with Crippen LogP contribution in [-0.2, 0) is 14.8 Å². The lowest BCUT2D eigenvalue weighted by Crippen LogP contribution is -2.49. The number of amides is 1. The second-order valence-electron chi connectivity index (χ2n) is 7.77. The molecule has 0 spiro atoms. The first kappa shape index (κ1) is 23.4. The van der Waals surface area contributed by atoms with Crippen molar-refractivity contribution in [3.63, 3.8) is 0 Å². The average molecular weight is 490 g/mol. The second-order valence-corrected chi connectivity index (χ2v) is 10.7. The minimum absolute atomic E-state index is 0.0671. The summed E-state index contributed by atoms with van der Waals surface area (Å²) in [4.78, 5) is 12.6. The number of nitrogens with zero attached hydrogens (tertiary/aromatic N) is 4. The van der Waals surface area contributed by atoms with Crippen LogP contribution >= 0.6 is 11.8 Å². The number of hydrogen-bond donors (Lipinski definition) is 1. The van der Waals surface area contributed by atoms with E-state index in [9.17, 15) is 17.6 Å². The summed E-state index contributed by atoms with van der Waals surface area (Å²) >= 11 is 1.19. The summed E-state index contributed by atoms with van der Waals surface area (Å²) in [6.07, 6.45) is 2.59. The Balaban J connectivity index is 1.50. The Bertz CT molecular complexity index is 1230. The zero-order valence-corrected chi connectivity index (χ0v) is 19.7. The standard InChI is InChI=1S/C22H24FN5O3S2/c1-33(30,31)27-13-7-8-16(14-27)24-20(29)15-32-22-26-25-21(18-11-5-6-12-19(18)23)28(22)17-9-3-2-4-10-17/h2-6,9-12,16H,7-8,13-15H2,1H3,(H,24,29). The number of carbonyl (C=O) groups is 1. The average Bonchev–Trinajstić information content (AvgIpc) is 3.22. The molecule has 2 aromatic carbocycles. The van der Waals surface area contributed by atoms with E-state index in [1.807, 2.05) is 30.3 Å². The first-order valence-electron chi connectivity index (χ1n) is 10.5. The van der Waals surface area contributed by atoms with Crippen LogP contribution in [-0.4, -0.2) is 64.5 Å². The zero-order chi connectivity index (χ0) is 23.4. The van der Waals surface area contributed by atoms with Crippen molar-refractivity contribution in [3.8, 4) is 17.1 Å². The topological polar surface area (TPSA) is 97.2 Å². The van der Waals surface area contributed by atoms with Crippen LogP contribution in [0.4, 0.5) is 4.39 Å². The Morgan fingerprint density at radius 3 is 2.61 bits per heavy atom. The second kappa shape index (κ2) is 10.0. The van der Waals surface area contributed by atoms with Crippen LogP contribution in [0, 0.1) is 5.82 Å². The molecule has 0 bridgehead atoms.